The van der Waals surface area contributed by atoms with Gasteiger partial charge in [0.15, 0.2) is 0 Å². The van der Waals surface area contributed by atoms with Crippen LogP contribution in [0.15, 0.2) is 23.8 Å². The van der Waals surface area contributed by atoms with Gasteiger partial charge < -0.3 is 4.18 Å². The third-order valence-corrected chi connectivity index (χ3v) is 2.80. The fourth-order valence-corrected chi connectivity index (χ4v) is 2.17. The molecule has 0 aromatic heterocycles. The van der Waals surface area contributed by atoms with Crippen LogP contribution in [0.3, 0.4) is 0 Å². The molecule has 1 atom stereocenters. The molecule has 1 saturated carbocycles. The van der Waals surface area contributed by atoms with Crippen LogP contribution in [0, 0.1) is 0 Å². The van der Waals surface area contributed by atoms with Crippen molar-refractivity contribution in [2.24, 2.45) is 0 Å². The normalized spacial score (nSPS) is 26.8. The molecule has 0 aromatic rings. The molecule has 0 bridgehead atoms. The van der Waals surface area contributed by atoms with Crippen molar-refractivity contribution in [2.45, 2.75) is 38.7 Å². The van der Waals surface area contributed by atoms with E-state index in [9.17, 15) is 0 Å². The maximum Gasteiger partial charge on any atom is 0.0968 e. The maximum atomic E-state index is 5.55. The van der Waals surface area contributed by atoms with Crippen LogP contribution in [0.2, 0.25) is 0 Å². The maximum absolute atomic E-state index is 5.55. The van der Waals surface area contributed by atoms with Crippen LogP contribution in [0.1, 0.15) is 32.6 Å². The predicted molar refractivity (Wildman–Crippen MR) is 59.8 cm³/mol. The molecule has 0 aromatic carbocycles. The van der Waals surface area contributed by atoms with Gasteiger partial charge in [0, 0.05) is 6.26 Å². The monoisotopic (exact) mass is 198 g/mol. The van der Waals surface area contributed by atoms with Gasteiger partial charge in [-0.15, -0.1) is 0 Å². The lowest BCUT2D eigenvalue weighted by molar-refractivity contribution is 0.257. The van der Waals surface area contributed by atoms with Crippen LogP contribution in [0.4, 0.5) is 0 Å². The number of rotatable bonds is 3. The van der Waals surface area contributed by atoms with Gasteiger partial charge >= 0.3 is 0 Å². The Morgan fingerprint density at radius 2 is 2.46 bits per heavy atom. The molecule has 1 aliphatic rings. The van der Waals surface area contributed by atoms with Gasteiger partial charge in [0.05, 0.1) is 6.10 Å². The van der Waals surface area contributed by atoms with Gasteiger partial charge in [0.1, 0.15) is 0 Å². The Balaban J connectivity index is 2.60. The summed E-state index contributed by atoms with van der Waals surface area (Å²) in [5.74, 6) is 0. The Morgan fingerprint density at radius 1 is 1.69 bits per heavy atom. The summed E-state index contributed by atoms with van der Waals surface area (Å²) in [4.78, 5) is 0. The van der Waals surface area contributed by atoms with E-state index < -0.39 is 0 Å². The van der Waals surface area contributed by atoms with Crippen LogP contribution < -0.4 is 0 Å². The Kier molecular flexibility index (Phi) is 4.60. The van der Waals surface area contributed by atoms with E-state index in [2.05, 4.69) is 19.6 Å². The SMILES string of the molecule is C=C1/C(=C/CC)CCCC1OSC. The fraction of sp³-hybridized carbons (Fsp3) is 0.636. The minimum atomic E-state index is 0.251. The molecule has 1 nitrogen and oxygen atoms in total. The summed E-state index contributed by atoms with van der Waals surface area (Å²) in [6.07, 6.45) is 9.13. The van der Waals surface area contributed by atoms with E-state index in [0.29, 0.717) is 0 Å². The first kappa shape index (κ1) is 10.9. The molecule has 1 fully saturated rings. The standard InChI is InChI=1S/C11H18OS/c1-4-6-10-7-5-8-11(9(10)2)12-13-3/h6,11H,2,4-5,7-8H2,1,3H3/b10-6+. The van der Waals surface area contributed by atoms with E-state index >= 15 is 0 Å². The second-order valence-electron chi connectivity index (χ2n) is 3.31. The number of hydrogen-bond donors (Lipinski definition) is 0. The molecule has 0 spiro atoms. The molecule has 74 valence electrons. The second-order valence-corrected chi connectivity index (χ2v) is 3.83. The third-order valence-electron chi connectivity index (χ3n) is 2.38. The van der Waals surface area contributed by atoms with Crippen LogP contribution >= 0.6 is 12.0 Å². The summed E-state index contributed by atoms with van der Waals surface area (Å²) >= 11 is 1.44. The Bertz CT molecular complexity index is 206. The van der Waals surface area contributed by atoms with Gasteiger partial charge in [-0.2, -0.15) is 0 Å². The smallest absolute Gasteiger partial charge is 0.0968 e. The number of hydrogen-bond acceptors (Lipinski definition) is 2. The average molecular weight is 198 g/mol. The quantitative estimate of drug-likeness (QED) is 0.639. The van der Waals surface area contributed by atoms with Gasteiger partial charge in [0.2, 0.25) is 0 Å². The zero-order valence-corrected chi connectivity index (χ0v) is 9.32. The fourth-order valence-electron chi connectivity index (χ4n) is 1.72. The predicted octanol–water partition coefficient (Wildman–Crippen LogP) is 3.73. The molecule has 1 aliphatic carbocycles. The summed E-state index contributed by atoms with van der Waals surface area (Å²) < 4.78 is 5.55. The van der Waals surface area contributed by atoms with Crippen LogP contribution in [0.25, 0.3) is 0 Å². The molecule has 0 N–H and O–H groups in total. The van der Waals surface area contributed by atoms with Gasteiger partial charge in [-0.1, -0.05) is 19.6 Å². The number of allylic oxidation sites excluding steroid dienone is 1. The highest BCUT2D eigenvalue weighted by molar-refractivity contribution is 7.93. The molecule has 1 unspecified atom stereocenters. The molecule has 0 radical (unpaired) electrons. The Labute approximate surface area is 85.4 Å². The zero-order valence-electron chi connectivity index (χ0n) is 8.51. The zero-order chi connectivity index (χ0) is 9.68. The van der Waals surface area contributed by atoms with E-state index in [1.165, 1.54) is 36.0 Å². The van der Waals surface area contributed by atoms with E-state index in [-0.39, 0.29) is 6.10 Å². The highest BCUT2D eigenvalue weighted by Gasteiger charge is 2.21. The third kappa shape index (κ3) is 2.89. The van der Waals surface area contributed by atoms with Crippen LogP contribution in [-0.2, 0) is 4.18 Å². The van der Waals surface area contributed by atoms with Gasteiger partial charge in [0.25, 0.3) is 0 Å². The summed E-state index contributed by atoms with van der Waals surface area (Å²) in [5.41, 5.74) is 2.61. The molecule has 0 amide bonds. The van der Waals surface area contributed by atoms with E-state index in [1.54, 1.807) is 0 Å². The Hall–Kier alpha value is -0.210. The highest BCUT2D eigenvalue weighted by Crippen LogP contribution is 2.31. The van der Waals surface area contributed by atoms with Gasteiger partial charge in [-0.05, 0) is 48.9 Å². The van der Waals surface area contributed by atoms with E-state index in [4.69, 9.17) is 4.18 Å². The molecule has 13 heavy (non-hydrogen) atoms. The topological polar surface area (TPSA) is 9.23 Å². The molecule has 0 aliphatic heterocycles. The first-order chi connectivity index (χ1) is 6.29. The lowest BCUT2D eigenvalue weighted by Gasteiger charge is -2.25. The molecular weight excluding hydrogens is 180 g/mol. The minimum Gasteiger partial charge on any atom is -0.308 e. The van der Waals surface area contributed by atoms with Gasteiger partial charge in [-0.3, -0.25) is 0 Å². The van der Waals surface area contributed by atoms with Crippen molar-refractivity contribution in [3.63, 3.8) is 0 Å². The summed E-state index contributed by atoms with van der Waals surface area (Å²) in [5, 5.41) is 0. The largest absolute Gasteiger partial charge is 0.308 e. The molecule has 0 saturated heterocycles. The molecule has 0 heterocycles. The van der Waals surface area contributed by atoms with E-state index in [0.717, 1.165) is 12.8 Å². The lowest BCUT2D eigenvalue weighted by Crippen LogP contribution is -2.18. The van der Waals surface area contributed by atoms with Crippen molar-refractivity contribution in [1.82, 2.24) is 0 Å². The van der Waals surface area contributed by atoms with Crippen molar-refractivity contribution in [1.29, 1.82) is 0 Å². The van der Waals surface area contributed by atoms with Crippen molar-refractivity contribution < 1.29 is 4.18 Å². The molecule has 1 rings (SSSR count). The summed E-state index contributed by atoms with van der Waals surface area (Å²) in [6.45, 7) is 6.27. The van der Waals surface area contributed by atoms with Crippen molar-refractivity contribution in [3.8, 4) is 0 Å². The van der Waals surface area contributed by atoms with Gasteiger partial charge in [-0.25, -0.2) is 0 Å². The minimum absolute atomic E-state index is 0.251. The molecular formula is C11H18OS. The van der Waals surface area contributed by atoms with Crippen molar-refractivity contribution in [2.75, 3.05) is 6.26 Å². The summed E-state index contributed by atoms with van der Waals surface area (Å²) in [6, 6.07) is 0. The lowest BCUT2D eigenvalue weighted by atomic mass is 9.88. The first-order valence-electron chi connectivity index (χ1n) is 4.87. The van der Waals surface area contributed by atoms with Crippen LogP contribution in [-0.4, -0.2) is 12.4 Å². The second kappa shape index (κ2) is 5.51. The van der Waals surface area contributed by atoms with E-state index in [1.807, 2.05) is 6.26 Å². The average Bonchev–Trinajstić information content (AvgIpc) is 2.13. The summed E-state index contributed by atoms with van der Waals surface area (Å²) in [7, 11) is 0. The van der Waals surface area contributed by atoms with Crippen molar-refractivity contribution in [3.05, 3.63) is 23.8 Å². The first-order valence-corrected chi connectivity index (χ1v) is 6.02. The highest BCUT2D eigenvalue weighted by atomic mass is 32.2. The van der Waals surface area contributed by atoms with Crippen molar-refractivity contribution >= 4 is 12.0 Å². The Morgan fingerprint density at radius 3 is 3.08 bits per heavy atom. The van der Waals surface area contributed by atoms with Crippen LogP contribution in [0.5, 0.6) is 0 Å². The molecule has 2 heteroatoms.